The van der Waals surface area contributed by atoms with Crippen LogP contribution in [0.25, 0.3) is 0 Å². The number of nitrogens with zero attached hydrogens (tertiary/aromatic N) is 1. The number of thiophene rings is 1. The minimum atomic E-state index is -0.762. The van der Waals surface area contributed by atoms with E-state index in [-0.39, 0.29) is 12.3 Å². The Morgan fingerprint density at radius 2 is 2.22 bits per heavy atom. The average molecular weight is 337 g/mol. The van der Waals surface area contributed by atoms with Gasteiger partial charge in [-0.15, -0.1) is 11.3 Å². The maximum absolute atomic E-state index is 12.2. The molecule has 1 atom stereocenters. The number of rotatable bonds is 5. The number of nitrogens with one attached hydrogen (secondary N) is 1. The molecule has 0 spiro atoms. The van der Waals surface area contributed by atoms with E-state index in [9.17, 15) is 9.90 Å². The van der Waals surface area contributed by atoms with Gasteiger partial charge in [0.05, 0.1) is 12.0 Å². The first-order valence-corrected chi connectivity index (χ1v) is 9.72. The van der Waals surface area contributed by atoms with E-state index in [1.807, 2.05) is 11.3 Å². The summed E-state index contributed by atoms with van der Waals surface area (Å²) >= 11 is 1.85. The highest BCUT2D eigenvalue weighted by Crippen LogP contribution is 2.30. The second-order valence-corrected chi connectivity index (χ2v) is 8.21. The van der Waals surface area contributed by atoms with Crippen LogP contribution in [0.1, 0.15) is 55.9 Å². The van der Waals surface area contributed by atoms with E-state index in [1.54, 1.807) is 0 Å². The summed E-state index contributed by atoms with van der Waals surface area (Å²) in [5.41, 5.74) is 0.679. The predicted octanol–water partition coefficient (Wildman–Crippen LogP) is 2.70. The van der Waals surface area contributed by atoms with Crippen molar-refractivity contribution in [3.63, 3.8) is 0 Å². The molecular weight excluding hydrogens is 308 g/mol. The lowest BCUT2D eigenvalue weighted by Gasteiger charge is -2.33. The van der Waals surface area contributed by atoms with Gasteiger partial charge in [0.1, 0.15) is 0 Å². The molecule has 128 valence electrons. The average Bonchev–Trinajstić information content (AvgIpc) is 3.00. The Kier molecular flexibility index (Phi) is 5.39. The number of carbonyl (C=O) groups excluding carboxylic acids is 1. The van der Waals surface area contributed by atoms with Crippen molar-refractivity contribution in [2.45, 2.75) is 70.1 Å². The summed E-state index contributed by atoms with van der Waals surface area (Å²) < 4.78 is 0. The smallest absolute Gasteiger partial charge is 0.222 e. The van der Waals surface area contributed by atoms with Gasteiger partial charge in [-0.1, -0.05) is 19.3 Å². The summed E-state index contributed by atoms with van der Waals surface area (Å²) in [4.78, 5) is 16.1. The Hall–Kier alpha value is -0.910. The fourth-order valence-electron chi connectivity index (χ4n) is 3.79. The highest BCUT2D eigenvalue weighted by Gasteiger charge is 2.31. The van der Waals surface area contributed by atoms with E-state index >= 15 is 0 Å². The van der Waals surface area contributed by atoms with Crippen LogP contribution >= 0.6 is 11.3 Å². The molecular formula is C18H28N2O2S. The second-order valence-electron chi connectivity index (χ2n) is 7.20. The Labute approximate surface area is 142 Å². The Bertz CT molecular complexity index is 537. The molecule has 1 aliphatic heterocycles. The summed E-state index contributed by atoms with van der Waals surface area (Å²) in [6.45, 7) is 4.88. The maximum atomic E-state index is 12.2. The first-order valence-electron chi connectivity index (χ1n) is 8.84. The van der Waals surface area contributed by atoms with Gasteiger partial charge in [-0.05, 0) is 43.2 Å². The number of hydrogen-bond donors (Lipinski definition) is 2. The maximum Gasteiger partial charge on any atom is 0.222 e. The molecule has 1 amide bonds. The number of aliphatic hydroxyl groups is 1. The molecule has 1 aromatic heterocycles. The van der Waals surface area contributed by atoms with E-state index in [0.717, 1.165) is 45.2 Å². The first kappa shape index (κ1) is 16.9. The Balaban J connectivity index is 1.44. The fourth-order valence-corrected chi connectivity index (χ4v) is 4.67. The van der Waals surface area contributed by atoms with Crippen LogP contribution in [0.4, 0.5) is 0 Å². The summed E-state index contributed by atoms with van der Waals surface area (Å²) in [6, 6.07) is 2.55. The lowest BCUT2D eigenvalue weighted by Crippen LogP contribution is -2.45. The van der Waals surface area contributed by atoms with Gasteiger partial charge in [0.25, 0.3) is 0 Å². The highest BCUT2D eigenvalue weighted by molar-refractivity contribution is 7.10. The molecule has 1 saturated carbocycles. The largest absolute Gasteiger partial charge is 0.389 e. The van der Waals surface area contributed by atoms with E-state index < -0.39 is 5.60 Å². The third-order valence-electron chi connectivity index (χ3n) is 5.33. The van der Waals surface area contributed by atoms with Crippen molar-refractivity contribution in [2.24, 2.45) is 0 Å². The van der Waals surface area contributed by atoms with E-state index in [2.05, 4.69) is 28.6 Å². The summed E-state index contributed by atoms with van der Waals surface area (Å²) in [6.07, 6.45) is 6.17. The minimum Gasteiger partial charge on any atom is -0.389 e. The summed E-state index contributed by atoms with van der Waals surface area (Å²) in [5, 5.41) is 15.7. The van der Waals surface area contributed by atoms with Crippen molar-refractivity contribution < 1.29 is 9.90 Å². The predicted molar refractivity (Wildman–Crippen MR) is 93.6 cm³/mol. The fraction of sp³-hybridized carbons (Fsp3) is 0.722. The third-order valence-corrected chi connectivity index (χ3v) is 6.35. The molecule has 5 heteroatoms. The van der Waals surface area contributed by atoms with Crippen LogP contribution < -0.4 is 5.32 Å². The molecule has 2 aliphatic rings. The van der Waals surface area contributed by atoms with Gasteiger partial charge in [-0.25, -0.2) is 0 Å². The van der Waals surface area contributed by atoms with Crippen LogP contribution in [0, 0.1) is 0 Å². The van der Waals surface area contributed by atoms with E-state index in [1.165, 1.54) is 16.9 Å². The minimum absolute atomic E-state index is 0.00511. The van der Waals surface area contributed by atoms with Crippen LogP contribution in [0.3, 0.4) is 0 Å². The topological polar surface area (TPSA) is 52.6 Å². The zero-order valence-corrected chi connectivity index (χ0v) is 14.8. The Morgan fingerprint density at radius 3 is 3.00 bits per heavy atom. The molecule has 2 N–H and O–H groups in total. The first-order chi connectivity index (χ1) is 11.1. The van der Waals surface area contributed by atoms with Crippen molar-refractivity contribution in [3.8, 4) is 0 Å². The van der Waals surface area contributed by atoms with Crippen LogP contribution in [-0.2, 0) is 17.8 Å². The third kappa shape index (κ3) is 4.34. The molecule has 0 bridgehead atoms. The van der Waals surface area contributed by atoms with E-state index in [4.69, 9.17) is 0 Å². The van der Waals surface area contributed by atoms with Gasteiger partial charge in [-0.2, -0.15) is 0 Å². The van der Waals surface area contributed by atoms with Crippen molar-refractivity contribution in [1.29, 1.82) is 0 Å². The number of amides is 1. The molecule has 4 nitrogen and oxygen atoms in total. The van der Waals surface area contributed by atoms with Crippen molar-refractivity contribution in [1.82, 2.24) is 10.2 Å². The molecule has 2 heterocycles. The normalized spacial score (nSPS) is 22.3. The SMILES string of the molecule is CC(CNC(=O)CC1(O)CCCCC1)N1CCc2sccc2C1. The molecule has 3 rings (SSSR count). The van der Waals surface area contributed by atoms with Gasteiger partial charge >= 0.3 is 0 Å². The summed E-state index contributed by atoms with van der Waals surface area (Å²) in [7, 11) is 0. The lowest BCUT2D eigenvalue weighted by atomic mass is 9.82. The van der Waals surface area contributed by atoms with Crippen molar-refractivity contribution in [2.75, 3.05) is 13.1 Å². The summed E-state index contributed by atoms with van der Waals surface area (Å²) in [5.74, 6) is -0.00511. The quantitative estimate of drug-likeness (QED) is 0.869. The molecule has 23 heavy (non-hydrogen) atoms. The van der Waals surface area contributed by atoms with Gasteiger partial charge in [0.15, 0.2) is 0 Å². The molecule has 1 unspecified atom stereocenters. The lowest BCUT2D eigenvalue weighted by molar-refractivity contribution is -0.127. The zero-order valence-electron chi connectivity index (χ0n) is 14.0. The standard InChI is InChI=1S/C18H28N2O2S/c1-14(20-9-5-16-15(13-20)6-10-23-16)12-19-17(21)11-18(22)7-3-2-4-8-18/h6,10,14,22H,2-5,7-9,11-13H2,1H3,(H,19,21). The van der Waals surface area contributed by atoms with Crippen molar-refractivity contribution >= 4 is 17.2 Å². The van der Waals surface area contributed by atoms with Crippen LogP contribution in [-0.4, -0.2) is 40.6 Å². The van der Waals surface area contributed by atoms with Gasteiger partial charge in [0.2, 0.25) is 5.91 Å². The molecule has 1 aliphatic carbocycles. The number of carbonyl (C=O) groups is 1. The van der Waals surface area contributed by atoms with E-state index in [0.29, 0.717) is 12.6 Å². The molecule has 1 fully saturated rings. The van der Waals surface area contributed by atoms with Crippen molar-refractivity contribution in [3.05, 3.63) is 21.9 Å². The van der Waals surface area contributed by atoms with Crippen LogP contribution in [0.15, 0.2) is 11.4 Å². The number of hydrogen-bond acceptors (Lipinski definition) is 4. The van der Waals surface area contributed by atoms with Gasteiger partial charge < -0.3 is 10.4 Å². The molecule has 0 aromatic carbocycles. The Morgan fingerprint density at radius 1 is 1.43 bits per heavy atom. The molecule has 0 saturated heterocycles. The van der Waals surface area contributed by atoms with Gasteiger partial charge in [-0.3, -0.25) is 9.69 Å². The highest BCUT2D eigenvalue weighted by atomic mass is 32.1. The van der Waals surface area contributed by atoms with Crippen LogP contribution in [0.5, 0.6) is 0 Å². The second kappa shape index (κ2) is 7.32. The molecule has 0 radical (unpaired) electrons. The molecule has 1 aromatic rings. The monoisotopic (exact) mass is 336 g/mol. The van der Waals surface area contributed by atoms with Crippen LogP contribution in [0.2, 0.25) is 0 Å². The van der Waals surface area contributed by atoms with Gasteiger partial charge in [0, 0.05) is 30.6 Å². The zero-order chi connectivity index (χ0) is 16.3. The number of fused-ring (bicyclic) bond motifs is 1.